The van der Waals surface area contributed by atoms with Crippen molar-refractivity contribution in [3.05, 3.63) is 47.1 Å². The van der Waals surface area contributed by atoms with Gasteiger partial charge in [0, 0.05) is 6.07 Å². The van der Waals surface area contributed by atoms with E-state index < -0.39 is 0 Å². The number of aromatic nitrogens is 3. The quantitative estimate of drug-likeness (QED) is 0.797. The first-order valence-electron chi connectivity index (χ1n) is 8.37. The van der Waals surface area contributed by atoms with E-state index in [1.807, 2.05) is 0 Å². The molecule has 5 heteroatoms. The molecule has 0 spiro atoms. The minimum absolute atomic E-state index is 0.331. The van der Waals surface area contributed by atoms with Crippen LogP contribution in [0.15, 0.2) is 28.8 Å². The van der Waals surface area contributed by atoms with E-state index in [1.54, 1.807) is 0 Å². The Balaban J connectivity index is 1.58. The molecule has 5 nitrogen and oxygen atoms in total. The van der Waals surface area contributed by atoms with Gasteiger partial charge >= 0.3 is 0 Å². The molecule has 1 atom stereocenters. The van der Waals surface area contributed by atoms with E-state index in [0.717, 1.165) is 54.2 Å². The van der Waals surface area contributed by atoms with Crippen LogP contribution in [0.1, 0.15) is 48.6 Å². The second kappa shape index (κ2) is 5.81. The van der Waals surface area contributed by atoms with E-state index >= 15 is 0 Å². The number of fused-ring (bicyclic) bond motifs is 1. The standard InChI is InChI=1S/C18H22N4O/c1-3-13-10-14(23-21-13)11-22-8-4-5-17(22)18-19-15-7-6-12(2)9-16(15)20-18/h6-7,9-10,17H,3-5,8,11H2,1-2H3,(H,19,20)/t17-/m1/s1. The molecule has 0 bridgehead atoms. The topological polar surface area (TPSA) is 58.0 Å². The Morgan fingerprint density at radius 1 is 1.35 bits per heavy atom. The van der Waals surface area contributed by atoms with Gasteiger partial charge in [0.25, 0.3) is 0 Å². The number of likely N-dealkylation sites (tertiary alicyclic amines) is 1. The molecule has 120 valence electrons. The summed E-state index contributed by atoms with van der Waals surface area (Å²) in [6.45, 7) is 6.07. The summed E-state index contributed by atoms with van der Waals surface area (Å²) >= 11 is 0. The van der Waals surface area contributed by atoms with Gasteiger partial charge in [0.2, 0.25) is 0 Å². The summed E-state index contributed by atoms with van der Waals surface area (Å²) in [4.78, 5) is 10.8. The van der Waals surface area contributed by atoms with E-state index in [-0.39, 0.29) is 0 Å². The lowest BCUT2D eigenvalue weighted by atomic mass is 10.2. The fraction of sp³-hybridized carbons (Fsp3) is 0.444. The van der Waals surface area contributed by atoms with Gasteiger partial charge in [0.15, 0.2) is 5.76 Å². The van der Waals surface area contributed by atoms with Crippen LogP contribution in [-0.4, -0.2) is 26.6 Å². The van der Waals surface area contributed by atoms with Gasteiger partial charge in [0.05, 0.1) is 29.3 Å². The number of nitrogens with one attached hydrogen (secondary N) is 1. The average Bonchev–Trinajstić information content (AvgIpc) is 3.25. The summed E-state index contributed by atoms with van der Waals surface area (Å²) < 4.78 is 5.45. The number of benzene rings is 1. The van der Waals surface area contributed by atoms with Crippen molar-refractivity contribution in [1.29, 1.82) is 0 Å². The van der Waals surface area contributed by atoms with Crippen molar-refractivity contribution in [1.82, 2.24) is 20.0 Å². The van der Waals surface area contributed by atoms with Crippen LogP contribution in [0.5, 0.6) is 0 Å². The summed E-state index contributed by atoms with van der Waals surface area (Å²) in [5, 5.41) is 4.09. The van der Waals surface area contributed by atoms with Crippen LogP contribution in [0.4, 0.5) is 0 Å². The fourth-order valence-corrected chi connectivity index (χ4v) is 3.42. The average molecular weight is 310 g/mol. The molecule has 1 aliphatic heterocycles. The zero-order valence-corrected chi connectivity index (χ0v) is 13.7. The molecule has 0 unspecified atom stereocenters. The molecular weight excluding hydrogens is 288 g/mol. The first-order valence-corrected chi connectivity index (χ1v) is 8.37. The Morgan fingerprint density at radius 2 is 2.26 bits per heavy atom. The van der Waals surface area contributed by atoms with Crippen LogP contribution in [-0.2, 0) is 13.0 Å². The minimum Gasteiger partial charge on any atom is -0.360 e. The van der Waals surface area contributed by atoms with Crippen LogP contribution in [0.3, 0.4) is 0 Å². The van der Waals surface area contributed by atoms with Crippen molar-refractivity contribution in [2.45, 2.75) is 45.7 Å². The van der Waals surface area contributed by atoms with E-state index in [1.165, 1.54) is 12.0 Å². The maximum atomic E-state index is 5.45. The van der Waals surface area contributed by atoms with Crippen molar-refractivity contribution in [3.63, 3.8) is 0 Å². The summed E-state index contributed by atoms with van der Waals surface area (Å²) in [6, 6.07) is 8.76. The van der Waals surface area contributed by atoms with Gasteiger partial charge in [-0.3, -0.25) is 4.90 Å². The normalized spacial score (nSPS) is 19.0. The van der Waals surface area contributed by atoms with Crippen LogP contribution in [0, 0.1) is 6.92 Å². The fourth-order valence-electron chi connectivity index (χ4n) is 3.42. The smallest absolute Gasteiger partial charge is 0.150 e. The first kappa shape index (κ1) is 14.5. The molecule has 1 aromatic carbocycles. The number of hydrogen-bond donors (Lipinski definition) is 1. The molecule has 23 heavy (non-hydrogen) atoms. The number of aryl methyl sites for hydroxylation is 2. The highest BCUT2D eigenvalue weighted by Crippen LogP contribution is 2.32. The molecule has 2 aromatic heterocycles. The number of H-pyrrole nitrogens is 1. The third kappa shape index (κ3) is 2.77. The molecule has 3 aromatic rings. The largest absolute Gasteiger partial charge is 0.360 e. The minimum atomic E-state index is 0.331. The number of hydrogen-bond acceptors (Lipinski definition) is 4. The highest BCUT2D eigenvalue weighted by atomic mass is 16.5. The maximum Gasteiger partial charge on any atom is 0.150 e. The van der Waals surface area contributed by atoms with Gasteiger partial charge < -0.3 is 9.51 Å². The monoisotopic (exact) mass is 310 g/mol. The predicted octanol–water partition coefficient (Wildman–Crippen LogP) is 3.76. The van der Waals surface area contributed by atoms with E-state index in [4.69, 9.17) is 9.51 Å². The van der Waals surface area contributed by atoms with Crippen LogP contribution in [0.25, 0.3) is 11.0 Å². The maximum absolute atomic E-state index is 5.45. The Labute approximate surface area is 135 Å². The van der Waals surface area contributed by atoms with Crippen molar-refractivity contribution in [2.75, 3.05) is 6.54 Å². The second-order valence-electron chi connectivity index (χ2n) is 6.41. The molecule has 1 aliphatic rings. The zero-order chi connectivity index (χ0) is 15.8. The van der Waals surface area contributed by atoms with E-state index in [9.17, 15) is 0 Å². The van der Waals surface area contributed by atoms with Gasteiger partial charge in [-0.15, -0.1) is 0 Å². The molecule has 0 saturated carbocycles. The third-order valence-electron chi connectivity index (χ3n) is 4.66. The van der Waals surface area contributed by atoms with Crippen LogP contribution < -0.4 is 0 Å². The van der Waals surface area contributed by atoms with Gasteiger partial charge in [-0.2, -0.15) is 0 Å². The van der Waals surface area contributed by atoms with Crippen molar-refractivity contribution >= 4 is 11.0 Å². The molecule has 1 saturated heterocycles. The van der Waals surface area contributed by atoms with Gasteiger partial charge in [-0.05, 0) is 50.4 Å². The molecule has 0 aliphatic carbocycles. The predicted molar refractivity (Wildman–Crippen MR) is 89.1 cm³/mol. The van der Waals surface area contributed by atoms with E-state index in [2.05, 4.69) is 53.2 Å². The number of nitrogens with zero attached hydrogens (tertiary/aromatic N) is 3. The summed E-state index contributed by atoms with van der Waals surface area (Å²) in [5.74, 6) is 2.01. The lowest BCUT2D eigenvalue weighted by Crippen LogP contribution is -2.23. The Morgan fingerprint density at radius 3 is 3.09 bits per heavy atom. The van der Waals surface area contributed by atoms with E-state index in [0.29, 0.717) is 6.04 Å². The second-order valence-corrected chi connectivity index (χ2v) is 6.41. The van der Waals surface area contributed by atoms with Gasteiger partial charge in [-0.1, -0.05) is 18.1 Å². The third-order valence-corrected chi connectivity index (χ3v) is 4.66. The molecule has 1 N–H and O–H groups in total. The Hall–Kier alpha value is -2.14. The zero-order valence-electron chi connectivity index (χ0n) is 13.7. The number of aromatic amines is 1. The molecule has 4 rings (SSSR count). The van der Waals surface area contributed by atoms with Crippen LogP contribution in [0.2, 0.25) is 0 Å². The molecular formula is C18H22N4O. The summed E-state index contributed by atoms with van der Waals surface area (Å²) in [6.07, 6.45) is 3.24. The number of imidazole rings is 1. The van der Waals surface area contributed by atoms with Crippen molar-refractivity contribution < 1.29 is 4.52 Å². The Kier molecular flexibility index (Phi) is 3.65. The summed E-state index contributed by atoms with van der Waals surface area (Å²) in [7, 11) is 0. The molecule has 3 heterocycles. The van der Waals surface area contributed by atoms with Gasteiger partial charge in [0.1, 0.15) is 5.82 Å². The first-order chi connectivity index (χ1) is 11.2. The van der Waals surface area contributed by atoms with Gasteiger partial charge in [-0.25, -0.2) is 4.98 Å². The highest BCUT2D eigenvalue weighted by molar-refractivity contribution is 5.75. The molecule has 1 fully saturated rings. The number of rotatable bonds is 4. The molecule has 0 amide bonds. The van der Waals surface area contributed by atoms with Crippen molar-refractivity contribution in [3.8, 4) is 0 Å². The lowest BCUT2D eigenvalue weighted by Gasteiger charge is -2.21. The van der Waals surface area contributed by atoms with Crippen molar-refractivity contribution in [2.24, 2.45) is 0 Å². The van der Waals surface area contributed by atoms with Crippen LogP contribution >= 0.6 is 0 Å². The lowest BCUT2D eigenvalue weighted by molar-refractivity contribution is 0.211. The SMILES string of the molecule is CCc1cc(CN2CCC[C@@H]2c2nc3ccc(C)cc3[nH]2)on1. The summed E-state index contributed by atoms with van der Waals surface area (Å²) in [5.41, 5.74) is 4.45. The Bertz CT molecular complexity index is 819. The highest BCUT2D eigenvalue weighted by Gasteiger charge is 2.29. The molecule has 0 radical (unpaired) electrons.